The summed E-state index contributed by atoms with van der Waals surface area (Å²) in [4.78, 5) is 34.3. The molecule has 230 valence electrons. The number of carbonyl (C=O) groups excluding carboxylic acids is 2. The van der Waals surface area contributed by atoms with Crippen molar-refractivity contribution in [3.63, 3.8) is 0 Å². The van der Waals surface area contributed by atoms with Crippen LogP contribution in [0.15, 0.2) is 66.7 Å². The second kappa shape index (κ2) is 12.8. The van der Waals surface area contributed by atoms with Gasteiger partial charge in [-0.1, -0.05) is 30.3 Å². The minimum absolute atomic E-state index is 0.0526. The fraction of sp³-hybridized carbons (Fsp3) is 0.400. The van der Waals surface area contributed by atoms with Gasteiger partial charge in [0, 0.05) is 41.4 Å². The molecule has 43 heavy (non-hydrogen) atoms. The highest BCUT2D eigenvalue weighted by atomic mass is 32.2. The molecule has 2 aromatic carbocycles. The average molecular weight is 637 g/mol. The molecule has 2 aliphatic heterocycles. The Morgan fingerprint density at radius 1 is 1.02 bits per heavy atom. The molecule has 3 aromatic rings. The lowest BCUT2D eigenvalue weighted by molar-refractivity contribution is -0.200. The topological polar surface area (TPSA) is 102 Å². The number of hydroxylamine groups is 1. The molecule has 8 nitrogen and oxygen atoms in total. The summed E-state index contributed by atoms with van der Waals surface area (Å²) >= 11 is 1.10. The maximum absolute atomic E-state index is 14.1. The maximum atomic E-state index is 14.1. The molecule has 0 radical (unpaired) electrons. The van der Waals surface area contributed by atoms with Crippen molar-refractivity contribution in [3.05, 3.63) is 82.7 Å². The van der Waals surface area contributed by atoms with Gasteiger partial charge < -0.3 is 9.64 Å². The second-order valence-electron chi connectivity index (χ2n) is 10.6. The Morgan fingerprint density at radius 2 is 1.77 bits per heavy atom. The summed E-state index contributed by atoms with van der Waals surface area (Å²) < 4.78 is 71.2. The van der Waals surface area contributed by atoms with E-state index in [-0.39, 0.29) is 31.2 Å². The van der Waals surface area contributed by atoms with Crippen molar-refractivity contribution in [3.8, 4) is 10.4 Å². The maximum Gasteiger partial charge on any atom is 0.416 e. The Labute approximate surface area is 251 Å². The van der Waals surface area contributed by atoms with Crippen molar-refractivity contribution < 1.29 is 40.8 Å². The normalized spacial score (nSPS) is 22.5. The largest absolute Gasteiger partial charge is 0.416 e. The van der Waals surface area contributed by atoms with Gasteiger partial charge in [-0.25, -0.2) is 18.7 Å². The number of nitrogens with one attached hydrogen (secondary N) is 1. The van der Waals surface area contributed by atoms with Crippen molar-refractivity contribution in [1.82, 2.24) is 10.4 Å². The highest BCUT2D eigenvalue weighted by Crippen LogP contribution is 2.45. The van der Waals surface area contributed by atoms with E-state index in [2.05, 4.69) is 5.48 Å². The minimum atomic E-state index is -4.49. The minimum Gasteiger partial charge on any atom is -0.350 e. The van der Waals surface area contributed by atoms with Crippen LogP contribution in [-0.4, -0.2) is 56.9 Å². The first-order chi connectivity index (χ1) is 20.5. The van der Waals surface area contributed by atoms with E-state index in [4.69, 9.17) is 9.57 Å². The Balaban J connectivity index is 1.45. The third-order valence-electron chi connectivity index (χ3n) is 7.76. The number of ether oxygens (including phenoxy) is 1. The van der Waals surface area contributed by atoms with Gasteiger partial charge in [-0.05, 0) is 61.2 Å². The molecule has 2 atom stereocenters. The van der Waals surface area contributed by atoms with Crippen LogP contribution >= 0.6 is 11.3 Å². The van der Waals surface area contributed by atoms with Crippen LogP contribution in [0, 0.1) is 0 Å². The molecule has 3 heterocycles. The van der Waals surface area contributed by atoms with Crippen molar-refractivity contribution in [1.29, 1.82) is 0 Å². The monoisotopic (exact) mass is 636 g/mol. The smallest absolute Gasteiger partial charge is 0.350 e. The Morgan fingerprint density at radius 3 is 2.44 bits per heavy atom. The summed E-state index contributed by atoms with van der Waals surface area (Å²) in [5.74, 6) is -1.35. The van der Waals surface area contributed by atoms with Crippen LogP contribution in [0.25, 0.3) is 10.4 Å². The summed E-state index contributed by atoms with van der Waals surface area (Å²) in [6.07, 6.45) is -3.32. The van der Waals surface area contributed by atoms with E-state index in [1.807, 2.05) is 0 Å². The van der Waals surface area contributed by atoms with Gasteiger partial charge in [-0.15, -0.1) is 11.3 Å². The van der Waals surface area contributed by atoms with E-state index < -0.39 is 44.9 Å². The average Bonchev–Trinajstić information content (AvgIpc) is 3.46. The molecular weight excluding hydrogens is 605 g/mol. The first-order valence-corrected chi connectivity index (χ1v) is 16.4. The molecule has 1 N–H and O–H groups in total. The lowest BCUT2D eigenvalue weighted by Crippen LogP contribution is -2.43. The molecule has 1 aromatic heterocycles. The molecule has 2 saturated heterocycles. The predicted molar refractivity (Wildman–Crippen MR) is 155 cm³/mol. The van der Waals surface area contributed by atoms with Gasteiger partial charge in [0.25, 0.3) is 5.91 Å². The molecule has 2 amide bonds. The number of amides is 2. The lowest BCUT2D eigenvalue weighted by Gasteiger charge is -2.31. The molecule has 13 heteroatoms. The van der Waals surface area contributed by atoms with E-state index in [0.717, 1.165) is 36.3 Å². The van der Waals surface area contributed by atoms with Crippen LogP contribution in [0.2, 0.25) is 0 Å². The van der Waals surface area contributed by atoms with E-state index in [1.165, 1.54) is 17.0 Å². The van der Waals surface area contributed by atoms with Crippen LogP contribution in [0.1, 0.15) is 52.9 Å². The fourth-order valence-electron chi connectivity index (χ4n) is 5.33. The van der Waals surface area contributed by atoms with E-state index in [9.17, 15) is 31.2 Å². The van der Waals surface area contributed by atoms with Crippen LogP contribution in [0.3, 0.4) is 0 Å². The first kappa shape index (κ1) is 31.2. The third-order valence-corrected chi connectivity index (χ3v) is 11.7. The van der Waals surface area contributed by atoms with Crippen LogP contribution < -0.4 is 5.48 Å². The summed E-state index contributed by atoms with van der Waals surface area (Å²) in [7, 11) is -4.04. The Bertz CT molecular complexity index is 1540. The molecule has 0 spiro atoms. The van der Waals surface area contributed by atoms with Crippen molar-refractivity contribution in [2.24, 2.45) is 0 Å². The number of sulfone groups is 1. The second-order valence-corrected chi connectivity index (χ2v) is 14.1. The van der Waals surface area contributed by atoms with Gasteiger partial charge in [0.1, 0.15) is 4.75 Å². The summed E-state index contributed by atoms with van der Waals surface area (Å²) in [5.41, 5.74) is 2.47. The van der Waals surface area contributed by atoms with E-state index in [0.29, 0.717) is 33.9 Å². The number of thiophene rings is 1. The number of benzene rings is 2. The third kappa shape index (κ3) is 6.95. The molecule has 0 saturated carbocycles. The number of hydrogen-bond donors (Lipinski definition) is 1. The first-order valence-electron chi connectivity index (χ1n) is 13.9. The van der Waals surface area contributed by atoms with Gasteiger partial charge in [0.2, 0.25) is 5.91 Å². The van der Waals surface area contributed by atoms with Gasteiger partial charge in [-0.3, -0.25) is 9.59 Å². The Hall–Kier alpha value is -3.26. The zero-order valence-electron chi connectivity index (χ0n) is 23.1. The summed E-state index contributed by atoms with van der Waals surface area (Å²) in [6, 6.07) is 16.4. The quantitative estimate of drug-likeness (QED) is 0.341. The number of rotatable bonds is 7. The zero-order valence-corrected chi connectivity index (χ0v) is 24.8. The highest BCUT2D eigenvalue weighted by Gasteiger charge is 2.50. The predicted octanol–water partition coefficient (Wildman–Crippen LogP) is 5.55. The molecule has 2 aliphatic rings. The van der Waals surface area contributed by atoms with Gasteiger partial charge >= 0.3 is 6.18 Å². The molecule has 2 unspecified atom stereocenters. The number of hydrogen-bond acceptors (Lipinski definition) is 7. The summed E-state index contributed by atoms with van der Waals surface area (Å²) in [5, 5.41) is 0. The van der Waals surface area contributed by atoms with E-state index >= 15 is 0 Å². The van der Waals surface area contributed by atoms with Crippen molar-refractivity contribution >= 4 is 33.0 Å². The van der Waals surface area contributed by atoms with Gasteiger partial charge in [0.15, 0.2) is 16.1 Å². The number of carbonyl (C=O) groups is 2. The zero-order chi connectivity index (χ0) is 30.7. The number of halogens is 3. The molecule has 2 fully saturated rings. The number of nitrogens with zero attached hydrogens (tertiary/aromatic N) is 1. The lowest BCUT2D eigenvalue weighted by atomic mass is 9.97. The van der Waals surface area contributed by atoms with Crippen molar-refractivity contribution in [2.45, 2.75) is 49.3 Å². The van der Waals surface area contributed by atoms with Crippen LogP contribution in [-0.2, 0) is 35.1 Å². The molecular formula is C30H31F3N2O6S2. The Kier molecular flexibility index (Phi) is 9.26. The standard InChI is InChI=1S/C30H31F3N2O6S2/c31-30(32,33)23-11-9-21(10-12-23)24-13-14-25(42-24)29(20-26(36)34-41-27-8-4-5-18-40-27)15-16-35(17-19-43(29,38)39)28(37)22-6-2-1-3-7-22/h1-3,6-7,9-14,27H,4-5,8,15-20H2,(H,34,36). The fourth-order valence-corrected chi connectivity index (χ4v) is 8.94. The molecule has 0 bridgehead atoms. The SMILES string of the molecule is O=C(CC1(c2ccc(-c3ccc(C(F)(F)F)cc3)s2)CCN(C(=O)c2ccccc2)CCS1(=O)=O)NOC1CCCCO1. The highest BCUT2D eigenvalue weighted by molar-refractivity contribution is 7.92. The molecule has 0 aliphatic carbocycles. The van der Waals surface area contributed by atoms with E-state index in [1.54, 1.807) is 42.5 Å². The number of alkyl halides is 3. The molecule has 5 rings (SSSR count). The van der Waals surface area contributed by atoms with Crippen LogP contribution in [0.5, 0.6) is 0 Å². The van der Waals surface area contributed by atoms with Crippen molar-refractivity contribution in [2.75, 3.05) is 25.4 Å². The van der Waals surface area contributed by atoms with Crippen LogP contribution in [0.4, 0.5) is 13.2 Å². The summed E-state index contributed by atoms with van der Waals surface area (Å²) in [6.45, 7) is 0.509. The van der Waals surface area contributed by atoms with Gasteiger partial charge in [0.05, 0.1) is 17.7 Å². The van der Waals surface area contributed by atoms with Gasteiger partial charge in [-0.2, -0.15) is 13.2 Å².